The van der Waals surface area contributed by atoms with Crippen LogP contribution in [0.25, 0.3) is 5.57 Å². The van der Waals surface area contributed by atoms with Crippen molar-refractivity contribution >= 4 is 11.5 Å². The first-order valence-corrected chi connectivity index (χ1v) is 10.0. The molecule has 2 atom stereocenters. The molecule has 2 unspecified atom stereocenters. The minimum Gasteiger partial charge on any atom is -0.481 e. The van der Waals surface area contributed by atoms with Crippen LogP contribution in [0.1, 0.15) is 52.5 Å². The summed E-state index contributed by atoms with van der Waals surface area (Å²) in [4.78, 5) is 12.9. The quantitative estimate of drug-likeness (QED) is 0.472. The van der Waals surface area contributed by atoms with Gasteiger partial charge in [0.15, 0.2) is 0 Å². The maximum atomic E-state index is 10.6. The van der Waals surface area contributed by atoms with Gasteiger partial charge >= 0.3 is 5.97 Å². The van der Waals surface area contributed by atoms with Gasteiger partial charge in [0.25, 0.3) is 0 Å². The topological polar surface area (TPSA) is 81.0 Å². The molecule has 0 radical (unpaired) electrons. The standard InChI is InChI=1S/C23H35NO4/c1-5-24(14-13-20(25)15-21(26)16-23(27)28)18(4)22(12-11-17(2)3)19-9-7-6-8-10-19/h6-12,17,20-21,25-26H,5,13-16H2,1-4H3,(H,27,28)/b12-11+,22-18+. The second kappa shape index (κ2) is 12.4. The van der Waals surface area contributed by atoms with Crippen molar-refractivity contribution in [1.82, 2.24) is 4.90 Å². The van der Waals surface area contributed by atoms with Gasteiger partial charge in [0.1, 0.15) is 0 Å². The molecular formula is C23H35NO4. The van der Waals surface area contributed by atoms with Gasteiger partial charge < -0.3 is 20.2 Å². The second-order valence-electron chi connectivity index (χ2n) is 7.48. The van der Waals surface area contributed by atoms with Gasteiger partial charge in [-0.1, -0.05) is 56.3 Å². The Balaban J connectivity index is 2.91. The maximum absolute atomic E-state index is 10.6. The zero-order valence-corrected chi connectivity index (χ0v) is 17.5. The second-order valence-corrected chi connectivity index (χ2v) is 7.48. The maximum Gasteiger partial charge on any atom is 0.305 e. The molecule has 3 N–H and O–H groups in total. The van der Waals surface area contributed by atoms with Crippen molar-refractivity contribution in [2.45, 2.75) is 59.2 Å². The largest absolute Gasteiger partial charge is 0.481 e. The Hall–Kier alpha value is -2.11. The third-order valence-corrected chi connectivity index (χ3v) is 4.67. The summed E-state index contributed by atoms with van der Waals surface area (Å²) in [6.07, 6.45) is 2.78. The molecule has 0 spiro atoms. The fraction of sp³-hybridized carbons (Fsp3) is 0.522. The monoisotopic (exact) mass is 389 g/mol. The minimum absolute atomic E-state index is 0.0748. The van der Waals surface area contributed by atoms with E-state index in [1.165, 1.54) is 0 Å². The summed E-state index contributed by atoms with van der Waals surface area (Å²) in [5, 5.41) is 28.6. The lowest BCUT2D eigenvalue weighted by Crippen LogP contribution is -2.28. The number of nitrogens with zero attached hydrogens (tertiary/aromatic N) is 1. The Morgan fingerprint density at radius 2 is 1.79 bits per heavy atom. The molecule has 0 aliphatic rings. The molecule has 5 heteroatoms. The number of aliphatic hydroxyl groups excluding tert-OH is 2. The lowest BCUT2D eigenvalue weighted by atomic mass is 10.0. The van der Waals surface area contributed by atoms with Crippen LogP contribution in [-0.4, -0.2) is 51.5 Å². The Kier molecular flexibility index (Phi) is 10.6. The lowest BCUT2D eigenvalue weighted by molar-refractivity contribution is -0.139. The number of benzene rings is 1. The summed E-state index contributed by atoms with van der Waals surface area (Å²) in [6, 6.07) is 10.2. The number of carboxylic acids is 1. The smallest absolute Gasteiger partial charge is 0.305 e. The van der Waals surface area contributed by atoms with Crippen LogP contribution in [0, 0.1) is 5.92 Å². The zero-order chi connectivity index (χ0) is 21.1. The van der Waals surface area contributed by atoms with Crippen LogP contribution in [-0.2, 0) is 4.79 Å². The lowest BCUT2D eigenvalue weighted by Gasteiger charge is -2.27. The molecular weight excluding hydrogens is 354 g/mol. The van der Waals surface area contributed by atoms with Gasteiger partial charge in [0.2, 0.25) is 0 Å². The van der Waals surface area contributed by atoms with Crippen molar-refractivity contribution in [2.24, 2.45) is 5.92 Å². The van der Waals surface area contributed by atoms with Gasteiger partial charge in [-0.3, -0.25) is 4.79 Å². The third kappa shape index (κ3) is 8.72. The molecule has 0 saturated carbocycles. The summed E-state index contributed by atoms with van der Waals surface area (Å²) in [5.41, 5.74) is 3.42. The van der Waals surface area contributed by atoms with Crippen LogP contribution in [0.5, 0.6) is 0 Å². The molecule has 28 heavy (non-hydrogen) atoms. The molecule has 0 aliphatic heterocycles. The number of aliphatic carboxylic acids is 1. The van der Waals surface area contributed by atoms with Crippen molar-refractivity contribution in [2.75, 3.05) is 13.1 Å². The highest BCUT2D eigenvalue weighted by molar-refractivity contribution is 5.76. The summed E-state index contributed by atoms with van der Waals surface area (Å²) in [6.45, 7) is 9.87. The molecule has 156 valence electrons. The van der Waals surface area contributed by atoms with E-state index in [4.69, 9.17) is 5.11 Å². The van der Waals surface area contributed by atoms with E-state index in [1.54, 1.807) is 0 Å². The van der Waals surface area contributed by atoms with Crippen molar-refractivity contribution in [3.05, 3.63) is 53.7 Å². The first kappa shape index (κ1) is 23.9. The number of hydrogen-bond acceptors (Lipinski definition) is 4. The van der Waals surface area contributed by atoms with E-state index in [0.29, 0.717) is 18.9 Å². The number of aliphatic hydroxyl groups is 2. The van der Waals surface area contributed by atoms with Crippen LogP contribution in [0.2, 0.25) is 0 Å². The summed E-state index contributed by atoms with van der Waals surface area (Å²) >= 11 is 0. The Labute approximate surface area is 169 Å². The molecule has 1 rings (SSSR count). The first-order chi connectivity index (χ1) is 13.2. The van der Waals surface area contributed by atoms with Crippen molar-refractivity contribution in [3.63, 3.8) is 0 Å². The molecule has 0 aliphatic carbocycles. The number of rotatable bonds is 12. The van der Waals surface area contributed by atoms with E-state index in [-0.39, 0.29) is 12.8 Å². The molecule has 1 aromatic rings. The van der Waals surface area contributed by atoms with Gasteiger partial charge in [-0.25, -0.2) is 0 Å². The van der Waals surface area contributed by atoms with Gasteiger partial charge in [-0.2, -0.15) is 0 Å². The first-order valence-electron chi connectivity index (χ1n) is 10.0. The molecule has 1 aromatic carbocycles. The number of allylic oxidation sites excluding steroid dienone is 4. The van der Waals surface area contributed by atoms with E-state index in [9.17, 15) is 15.0 Å². The molecule has 0 saturated heterocycles. The Morgan fingerprint density at radius 1 is 1.14 bits per heavy atom. The van der Waals surface area contributed by atoms with E-state index in [2.05, 4.69) is 56.9 Å². The minimum atomic E-state index is -1.06. The molecule has 0 fully saturated rings. The molecule has 0 bridgehead atoms. The van der Waals surface area contributed by atoms with Crippen LogP contribution in [0.15, 0.2) is 48.2 Å². The van der Waals surface area contributed by atoms with E-state index in [0.717, 1.165) is 23.4 Å². The Bertz CT molecular complexity index is 652. The van der Waals surface area contributed by atoms with Crippen LogP contribution in [0.3, 0.4) is 0 Å². The van der Waals surface area contributed by atoms with Crippen LogP contribution >= 0.6 is 0 Å². The summed E-state index contributed by atoms with van der Waals surface area (Å²) in [5.74, 6) is -0.614. The Morgan fingerprint density at radius 3 is 2.32 bits per heavy atom. The average molecular weight is 390 g/mol. The van der Waals surface area contributed by atoms with E-state index >= 15 is 0 Å². The third-order valence-electron chi connectivity index (χ3n) is 4.67. The van der Waals surface area contributed by atoms with Gasteiger partial charge in [0, 0.05) is 24.4 Å². The number of carbonyl (C=O) groups is 1. The normalized spacial score (nSPS) is 14.8. The van der Waals surface area contributed by atoms with Crippen molar-refractivity contribution in [3.8, 4) is 0 Å². The van der Waals surface area contributed by atoms with Gasteiger partial charge in [0.05, 0.1) is 18.6 Å². The molecule has 5 nitrogen and oxygen atoms in total. The molecule has 0 heterocycles. The summed E-state index contributed by atoms with van der Waals surface area (Å²) < 4.78 is 0. The van der Waals surface area contributed by atoms with Crippen LogP contribution < -0.4 is 0 Å². The van der Waals surface area contributed by atoms with Crippen molar-refractivity contribution < 1.29 is 20.1 Å². The van der Waals surface area contributed by atoms with E-state index < -0.39 is 18.2 Å². The SMILES string of the molecule is CCN(CCC(O)CC(O)CC(=O)O)/C(C)=C(\C=C\C(C)C)c1ccccc1. The van der Waals surface area contributed by atoms with Gasteiger partial charge in [-0.15, -0.1) is 0 Å². The summed E-state index contributed by atoms with van der Waals surface area (Å²) in [7, 11) is 0. The molecule has 0 amide bonds. The average Bonchev–Trinajstić information content (AvgIpc) is 2.62. The van der Waals surface area contributed by atoms with E-state index in [1.807, 2.05) is 18.2 Å². The predicted molar refractivity (Wildman–Crippen MR) is 114 cm³/mol. The van der Waals surface area contributed by atoms with Gasteiger partial charge in [-0.05, 0) is 38.2 Å². The number of hydrogen-bond donors (Lipinski definition) is 3. The fourth-order valence-electron chi connectivity index (χ4n) is 3.09. The zero-order valence-electron chi connectivity index (χ0n) is 17.5. The fourth-order valence-corrected chi connectivity index (χ4v) is 3.09. The highest BCUT2D eigenvalue weighted by Crippen LogP contribution is 2.24. The predicted octanol–water partition coefficient (Wildman–Crippen LogP) is 3.93. The van der Waals surface area contributed by atoms with Crippen molar-refractivity contribution in [1.29, 1.82) is 0 Å². The number of carboxylic acid groups (broad SMARTS) is 1. The molecule has 0 aromatic heterocycles. The highest BCUT2D eigenvalue weighted by Gasteiger charge is 2.17. The highest BCUT2D eigenvalue weighted by atomic mass is 16.4. The van der Waals surface area contributed by atoms with Crippen LogP contribution in [0.4, 0.5) is 0 Å².